The molecule has 0 saturated heterocycles. The maximum absolute atomic E-state index is 2.51. The van der Waals surface area contributed by atoms with Crippen LogP contribution >= 0.6 is 0 Å². The minimum Gasteiger partial charge on any atom is -0.0654 e. The zero-order chi connectivity index (χ0) is 26.4. The van der Waals surface area contributed by atoms with Gasteiger partial charge in [-0.2, -0.15) is 0 Å². The monoisotopic (exact) mass is 507 g/mol. The Kier molecular flexibility index (Phi) is 31.2. The molecule has 0 rings (SSSR count). The Bertz CT molecular complexity index is 372. The van der Waals surface area contributed by atoms with E-state index < -0.39 is 0 Å². The van der Waals surface area contributed by atoms with Crippen LogP contribution in [0.4, 0.5) is 0 Å². The van der Waals surface area contributed by atoms with Gasteiger partial charge in [-0.15, -0.1) is 0 Å². The topological polar surface area (TPSA) is 0 Å². The predicted octanol–water partition coefficient (Wildman–Crippen LogP) is 14.0. The van der Waals surface area contributed by atoms with E-state index in [-0.39, 0.29) is 0 Å². The average Bonchev–Trinajstić information content (AvgIpc) is 2.87. The van der Waals surface area contributed by atoms with Gasteiger partial charge >= 0.3 is 0 Å². The first-order valence-corrected chi connectivity index (χ1v) is 17.7. The van der Waals surface area contributed by atoms with E-state index >= 15 is 0 Å². The molecule has 0 aliphatic heterocycles. The molecule has 2 atom stereocenters. The molecule has 0 N–H and O–H groups in total. The molecular formula is C36H74. The first-order valence-electron chi connectivity index (χ1n) is 17.7. The summed E-state index contributed by atoms with van der Waals surface area (Å²) in [5.41, 5.74) is 0. The van der Waals surface area contributed by atoms with Gasteiger partial charge in [-0.1, -0.05) is 220 Å². The van der Waals surface area contributed by atoms with Crippen LogP contribution in [-0.2, 0) is 0 Å². The van der Waals surface area contributed by atoms with Crippen LogP contribution in [0.5, 0.6) is 0 Å². The van der Waals surface area contributed by atoms with Crippen LogP contribution < -0.4 is 0 Å². The van der Waals surface area contributed by atoms with Crippen molar-refractivity contribution < 1.29 is 0 Å². The highest BCUT2D eigenvalue weighted by Crippen LogP contribution is 2.22. The van der Waals surface area contributed by atoms with E-state index in [4.69, 9.17) is 0 Å². The number of hydrogen-bond acceptors (Lipinski definition) is 0. The van der Waals surface area contributed by atoms with E-state index in [1.54, 1.807) is 0 Å². The summed E-state index contributed by atoms with van der Waals surface area (Å²) >= 11 is 0. The van der Waals surface area contributed by atoms with Crippen molar-refractivity contribution in [3.63, 3.8) is 0 Å². The van der Waals surface area contributed by atoms with Crippen molar-refractivity contribution in [3.8, 4) is 0 Å². The van der Waals surface area contributed by atoms with Gasteiger partial charge in [0.15, 0.2) is 0 Å². The molecule has 0 saturated carbocycles. The maximum atomic E-state index is 2.51. The second kappa shape index (κ2) is 31.2. The van der Waals surface area contributed by atoms with Crippen LogP contribution in [0.25, 0.3) is 0 Å². The second-order valence-corrected chi connectivity index (χ2v) is 12.9. The Morgan fingerprint density at radius 2 is 0.444 bits per heavy atom. The van der Waals surface area contributed by atoms with E-state index in [0.29, 0.717) is 0 Å². The van der Waals surface area contributed by atoms with Gasteiger partial charge in [-0.3, -0.25) is 0 Å². The highest BCUT2D eigenvalue weighted by atomic mass is 14.1. The summed E-state index contributed by atoms with van der Waals surface area (Å²) in [6.07, 6.45) is 44.1. The largest absolute Gasteiger partial charge is 0.0654 e. The van der Waals surface area contributed by atoms with Gasteiger partial charge in [0.1, 0.15) is 0 Å². The molecule has 0 aliphatic carbocycles. The fourth-order valence-corrected chi connectivity index (χ4v) is 5.95. The summed E-state index contributed by atoms with van der Waals surface area (Å²) in [6.45, 7) is 9.63. The summed E-state index contributed by atoms with van der Waals surface area (Å²) in [5.74, 6) is 1.91. The van der Waals surface area contributed by atoms with Crippen LogP contribution in [0, 0.1) is 11.8 Å². The van der Waals surface area contributed by atoms with Crippen LogP contribution in [-0.4, -0.2) is 0 Å². The highest BCUT2D eigenvalue weighted by Gasteiger charge is 2.06. The number of unbranched alkanes of at least 4 members (excludes halogenated alkanes) is 23. The van der Waals surface area contributed by atoms with Crippen molar-refractivity contribution >= 4 is 0 Å². The molecule has 2 unspecified atom stereocenters. The molecule has 0 aromatic rings. The van der Waals surface area contributed by atoms with E-state index in [0.717, 1.165) is 11.8 Å². The molecule has 0 fully saturated rings. The smallest absolute Gasteiger partial charge is 0.0443 e. The quantitative estimate of drug-likeness (QED) is 0.0820. The molecule has 0 heterocycles. The van der Waals surface area contributed by atoms with E-state index in [1.807, 2.05) is 0 Å². The fourth-order valence-electron chi connectivity index (χ4n) is 5.95. The van der Waals surface area contributed by atoms with Gasteiger partial charge < -0.3 is 0 Å². The van der Waals surface area contributed by atoms with Crippen LogP contribution in [0.1, 0.15) is 220 Å². The Balaban J connectivity index is 3.24. The van der Waals surface area contributed by atoms with Gasteiger partial charge in [0.2, 0.25) is 0 Å². The van der Waals surface area contributed by atoms with Gasteiger partial charge in [0, 0.05) is 0 Å². The summed E-state index contributed by atoms with van der Waals surface area (Å²) in [6, 6.07) is 0. The van der Waals surface area contributed by atoms with Crippen molar-refractivity contribution in [1.29, 1.82) is 0 Å². The molecule has 0 aliphatic rings. The summed E-state index contributed by atoms with van der Waals surface area (Å²) in [4.78, 5) is 0. The van der Waals surface area contributed by atoms with E-state index in [9.17, 15) is 0 Å². The summed E-state index contributed by atoms with van der Waals surface area (Å²) in [5, 5.41) is 0. The van der Waals surface area contributed by atoms with Crippen LogP contribution in [0.3, 0.4) is 0 Å². The molecule has 0 radical (unpaired) electrons. The van der Waals surface area contributed by atoms with Gasteiger partial charge in [0.25, 0.3) is 0 Å². The highest BCUT2D eigenvalue weighted by molar-refractivity contribution is 4.59. The van der Waals surface area contributed by atoms with Crippen LogP contribution in [0.2, 0.25) is 0 Å². The van der Waals surface area contributed by atoms with Crippen molar-refractivity contribution in [3.05, 3.63) is 0 Å². The SMILES string of the molecule is CCCCCCCCCCCCCCCCCCCC(C)CCCC(C)CCCCCCCCCC. The van der Waals surface area contributed by atoms with Crippen molar-refractivity contribution in [1.82, 2.24) is 0 Å². The van der Waals surface area contributed by atoms with Gasteiger partial charge in [-0.05, 0) is 11.8 Å². The van der Waals surface area contributed by atoms with Gasteiger partial charge in [-0.25, -0.2) is 0 Å². The minimum atomic E-state index is 0.955. The third-order valence-corrected chi connectivity index (χ3v) is 8.74. The molecule has 218 valence electrons. The lowest BCUT2D eigenvalue weighted by molar-refractivity contribution is 0.390. The molecule has 0 amide bonds. The lowest BCUT2D eigenvalue weighted by Gasteiger charge is -2.14. The first kappa shape index (κ1) is 36.0. The van der Waals surface area contributed by atoms with E-state index in [1.165, 1.54) is 193 Å². The Morgan fingerprint density at radius 1 is 0.250 bits per heavy atom. The molecule has 0 spiro atoms. The zero-order valence-corrected chi connectivity index (χ0v) is 26.4. The third kappa shape index (κ3) is 30.2. The Hall–Kier alpha value is 0. The maximum Gasteiger partial charge on any atom is -0.0443 e. The summed E-state index contributed by atoms with van der Waals surface area (Å²) in [7, 11) is 0. The summed E-state index contributed by atoms with van der Waals surface area (Å²) < 4.78 is 0. The van der Waals surface area contributed by atoms with Crippen molar-refractivity contribution in [2.45, 2.75) is 220 Å². The minimum absolute atomic E-state index is 0.955. The normalized spacial score (nSPS) is 13.3. The molecule has 0 aromatic heterocycles. The molecule has 0 heteroatoms. The number of hydrogen-bond donors (Lipinski definition) is 0. The molecule has 0 nitrogen and oxygen atoms in total. The zero-order valence-electron chi connectivity index (χ0n) is 26.4. The lowest BCUT2D eigenvalue weighted by Crippen LogP contribution is -1.99. The third-order valence-electron chi connectivity index (χ3n) is 8.74. The number of rotatable bonds is 31. The molecule has 0 aromatic carbocycles. The standard InChI is InChI=1S/C36H74/c1-5-7-9-11-13-15-16-17-18-19-20-21-22-23-25-27-29-32-36(4)34-30-33-35(3)31-28-26-24-14-12-10-8-6-2/h35-36H,5-34H2,1-4H3. The predicted molar refractivity (Wildman–Crippen MR) is 168 cm³/mol. The first-order chi connectivity index (χ1) is 17.7. The Morgan fingerprint density at radius 3 is 0.694 bits per heavy atom. The van der Waals surface area contributed by atoms with E-state index in [2.05, 4.69) is 27.7 Å². The molecule has 36 heavy (non-hydrogen) atoms. The van der Waals surface area contributed by atoms with Crippen molar-refractivity contribution in [2.24, 2.45) is 11.8 Å². The molecular weight excluding hydrogens is 432 g/mol. The average molecular weight is 507 g/mol. The van der Waals surface area contributed by atoms with Gasteiger partial charge in [0.05, 0.1) is 0 Å². The molecule has 0 bridgehead atoms. The second-order valence-electron chi connectivity index (χ2n) is 12.9. The fraction of sp³-hybridized carbons (Fsp3) is 1.00. The Labute approximate surface area is 232 Å². The lowest BCUT2D eigenvalue weighted by atomic mass is 9.92. The van der Waals surface area contributed by atoms with Crippen LogP contribution in [0.15, 0.2) is 0 Å². The van der Waals surface area contributed by atoms with Crippen molar-refractivity contribution in [2.75, 3.05) is 0 Å².